The first kappa shape index (κ1) is 8.81. The average Bonchev–Trinajstić information content (AvgIpc) is 2.04. The second-order valence-electron chi connectivity index (χ2n) is 2.06. The van der Waals surface area contributed by atoms with Crippen molar-refractivity contribution in [2.75, 3.05) is 5.75 Å². The number of halogens is 1. The van der Waals surface area contributed by atoms with Crippen LogP contribution < -0.4 is 0 Å². The second-order valence-corrected chi connectivity index (χ2v) is 3.23. The molecule has 0 N–H and O–H groups in total. The molecule has 0 amide bonds. The number of carbonyl (C=O) groups excluding carboxylic acids is 1. The van der Waals surface area contributed by atoms with Crippen LogP contribution in [0.1, 0.15) is 10.4 Å². The molecule has 0 radical (unpaired) electrons. The molecular formula is C8H7BrOS. The summed E-state index contributed by atoms with van der Waals surface area (Å²) in [4.78, 5) is 11.1. The fraction of sp³-hybridized carbons (Fsp3) is 0.125. The Kier molecular flexibility index (Phi) is 3.15. The van der Waals surface area contributed by atoms with Crippen LogP contribution in [0.4, 0.5) is 0 Å². The van der Waals surface area contributed by atoms with Crippen LogP contribution in [0.25, 0.3) is 0 Å². The van der Waals surface area contributed by atoms with Crippen molar-refractivity contribution in [3.8, 4) is 0 Å². The highest BCUT2D eigenvalue weighted by molar-refractivity contribution is 9.10. The lowest BCUT2D eigenvalue weighted by atomic mass is 10.1. The van der Waals surface area contributed by atoms with Crippen molar-refractivity contribution < 1.29 is 4.79 Å². The Balaban J connectivity index is 3.03. The molecule has 0 aliphatic carbocycles. The maximum Gasteiger partial charge on any atom is 0.173 e. The van der Waals surface area contributed by atoms with E-state index < -0.39 is 0 Å². The quantitative estimate of drug-likeness (QED) is 0.611. The summed E-state index contributed by atoms with van der Waals surface area (Å²) in [5.41, 5.74) is 0.697. The van der Waals surface area contributed by atoms with Crippen molar-refractivity contribution >= 4 is 34.3 Å². The summed E-state index contributed by atoms with van der Waals surface area (Å²) in [5.74, 6) is 0.295. The molecule has 0 aromatic heterocycles. The summed E-state index contributed by atoms with van der Waals surface area (Å²) >= 11 is 7.19. The van der Waals surface area contributed by atoms with Crippen LogP contribution >= 0.6 is 28.6 Å². The largest absolute Gasteiger partial charge is 0.293 e. The number of thiol groups is 1. The first-order valence-corrected chi connectivity index (χ1v) is 4.57. The van der Waals surface area contributed by atoms with Gasteiger partial charge in [0.05, 0.1) is 5.75 Å². The van der Waals surface area contributed by atoms with Crippen LogP contribution in [-0.2, 0) is 0 Å². The molecule has 1 aromatic rings. The van der Waals surface area contributed by atoms with E-state index in [0.29, 0.717) is 5.56 Å². The van der Waals surface area contributed by atoms with Gasteiger partial charge in [-0.05, 0) is 6.07 Å². The molecule has 11 heavy (non-hydrogen) atoms. The summed E-state index contributed by atoms with van der Waals surface area (Å²) < 4.78 is 0.832. The fourth-order valence-corrected chi connectivity index (χ4v) is 1.45. The first-order chi connectivity index (χ1) is 5.25. The molecule has 0 bridgehead atoms. The Hall–Kier alpha value is -0.280. The van der Waals surface area contributed by atoms with Gasteiger partial charge < -0.3 is 0 Å². The van der Waals surface area contributed by atoms with Crippen molar-refractivity contribution in [1.82, 2.24) is 0 Å². The Morgan fingerprint density at radius 2 is 2.09 bits per heavy atom. The van der Waals surface area contributed by atoms with E-state index in [-0.39, 0.29) is 11.5 Å². The van der Waals surface area contributed by atoms with Gasteiger partial charge in [0.15, 0.2) is 5.78 Å². The summed E-state index contributed by atoms with van der Waals surface area (Å²) in [7, 11) is 0. The molecular weight excluding hydrogens is 224 g/mol. The molecule has 58 valence electrons. The monoisotopic (exact) mass is 230 g/mol. The van der Waals surface area contributed by atoms with Gasteiger partial charge in [-0.15, -0.1) is 0 Å². The van der Waals surface area contributed by atoms with Crippen LogP contribution in [0.3, 0.4) is 0 Å². The van der Waals surface area contributed by atoms with Gasteiger partial charge in [-0.25, -0.2) is 0 Å². The molecule has 1 nitrogen and oxygen atoms in total. The van der Waals surface area contributed by atoms with Gasteiger partial charge in [0, 0.05) is 10.0 Å². The van der Waals surface area contributed by atoms with E-state index in [2.05, 4.69) is 28.6 Å². The van der Waals surface area contributed by atoms with E-state index in [1.54, 1.807) is 6.07 Å². The summed E-state index contributed by atoms with van der Waals surface area (Å²) in [5, 5.41) is 0. The van der Waals surface area contributed by atoms with Crippen molar-refractivity contribution in [2.24, 2.45) is 0 Å². The SMILES string of the molecule is O=C(CS)c1ccccc1Br. The topological polar surface area (TPSA) is 17.1 Å². The third-order valence-corrected chi connectivity index (χ3v) is 2.30. The maximum absolute atomic E-state index is 11.1. The smallest absolute Gasteiger partial charge is 0.173 e. The van der Waals surface area contributed by atoms with Crippen LogP contribution in [0.2, 0.25) is 0 Å². The third-order valence-electron chi connectivity index (χ3n) is 1.32. The molecule has 0 saturated carbocycles. The highest BCUT2D eigenvalue weighted by Crippen LogP contribution is 2.16. The molecule has 0 aliphatic heterocycles. The van der Waals surface area contributed by atoms with E-state index in [9.17, 15) is 4.79 Å². The molecule has 3 heteroatoms. The van der Waals surface area contributed by atoms with Crippen molar-refractivity contribution in [3.63, 3.8) is 0 Å². The maximum atomic E-state index is 11.1. The van der Waals surface area contributed by atoms with Crippen LogP contribution in [0.5, 0.6) is 0 Å². The van der Waals surface area contributed by atoms with E-state index >= 15 is 0 Å². The molecule has 0 saturated heterocycles. The number of Topliss-reactive ketones (excluding diaryl/α,β-unsaturated/α-hetero) is 1. The van der Waals surface area contributed by atoms with Gasteiger partial charge in [0.1, 0.15) is 0 Å². The van der Waals surface area contributed by atoms with Crippen molar-refractivity contribution in [1.29, 1.82) is 0 Å². The lowest BCUT2D eigenvalue weighted by molar-refractivity contribution is 0.102. The molecule has 0 spiro atoms. The van der Waals surface area contributed by atoms with Gasteiger partial charge in [0.2, 0.25) is 0 Å². The third kappa shape index (κ3) is 2.07. The zero-order valence-electron chi connectivity index (χ0n) is 5.75. The molecule has 0 atom stereocenters. The van der Waals surface area contributed by atoms with Crippen LogP contribution in [0.15, 0.2) is 28.7 Å². The zero-order valence-corrected chi connectivity index (χ0v) is 8.23. The van der Waals surface area contributed by atoms with Gasteiger partial charge in [-0.3, -0.25) is 4.79 Å². The van der Waals surface area contributed by atoms with Crippen LogP contribution in [0, 0.1) is 0 Å². The predicted molar refractivity (Wildman–Crippen MR) is 52.3 cm³/mol. The predicted octanol–water partition coefficient (Wildman–Crippen LogP) is 2.56. The van der Waals surface area contributed by atoms with Gasteiger partial charge in [-0.2, -0.15) is 12.6 Å². The first-order valence-electron chi connectivity index (χ1n) is 3.14. The average molecular weight is 231 g/mol. The standard InChI is InChI=1S/C8H7BrOS/c9-7-4-2-1-3-6(7)8(10)5-11/h1-4,11H,5H2. The normalized spacial score (nSPS) is 9.64. The Morgan fingerprint density at radius 1 is 1.45 bits per heavy atom. The number of ketones is 1. The number of carbonyl (C=O) groups is 1. The number of hydrogen-bond acceptors (Lipinski definition) is 2. The molecule has 1 aromatic carbocycles. The van der Waals surface area contributed by atoms with E-state index in [0.717, 1.165) is 4.47 Å². The summed E-state index contributed by atoms with van der Waals surface area (Å²) in [6.45, 7) is 0. The van der Waals surface area contributed by atoms with Crippen LogP contribution in [-0.4, -0.2) is 11.5 Å². The highest BCUT2D eigenvalue weighted by atomic mass is 79.9. The van der Waals surface area contributed by atoms with Crippen molar-refractivity contribution in [3.05, 3.63) is 34.3 Å². The molecule has 0 fully saturated rings. The Morgan fingerprint density at radius 3 is 2.64 bits per heavy atom. The van der Waals surface area contributed by atoms with Gasteiger partial charge in [0.25, 0.3) is 0 Å². The van der Waals surface area contributed by atoms with E-state index in [1.165, 1.54) is 0 Å². The molecule has 0 aliphatic rings. The van der Waals surface area contributed by atoms with Gasteiger partial charge in [-0.1, -0.05) is 34.1 Å². The Bertz CT molecular complexity index is 273. The number of hydrogen-bond donors (Lipinski definition) is 1. The molecule has 1 rings (SSSR count). The molecule has 0 unspecified atom stereocenters. The second kappa shape index (κ2) is 3.93. The Labute approximate surface area is 79.3 Å². The van der Waals surface area contributed by atoms with E-state index in [4.69, 9.17) is 0 Å². The van der Waals surface area contributed by atoms with Crippen molar-refractivity contribution in [2.45, 2.75) is 0 Å². The fourth-order valence-electron chi connectivity index (χ4n) is 0.773. The minimum Gasteiger partial charge on any atom is -0.293 e. The molecule has 0 heterocycles. The lowest BCUT2D eigenvalue weighted by Crippen LogP contribution is -2.00. The minimum absolute atomic E-state index is 0.0424. The number of benzene rings is 1. The van der Waals surface area contributed by atoms with Gasteiger partial charge >= 0.3 is 0 Å². The highest BCUT2D eigenvalue weighted by Gasteiger charge is 2.05. The zero-order chi connectivity index (χ0) is 8.27. The summed E-state index contributed by atoms with van der Waals surface area (Å²) in [6, 6.07) is 7.33. The lowest BCUT2D eigenvalue weighted by Gasteiger charge is -1.98. The number of rotatable bonds is 2. The minimum atomic E-state index is 0.0424. The summed E-state index contributed by atoms with van der Waals surface area (Å²) in [6.07, 6.45) is 0. The van der Waals surface area contributed by atoms with E-state index in [1.807, 2.05) is 18.2 Å².